The van der Waals surface area contributed by atoms with Crippen LogP contribution < -0.4 is 11.1 Å². The van der Waals surface area contributed by atoms with E-state index in [1.807, 2.05) is 42.5 Å². The minimum absolute atomic E-state index is 0.0458. The highest BCUT2D eigenvalue weighted by molar-refractivity contribution is 9.10. The molecule has 98 valence electrons. The molecular formula is C14H13BrN2OS. The molecule has 3 N–H and O–H groups in total. The summed E-state index contributed by atoms with van der Waals surface area (Å²) in [5.41, 5.74) is 7.07. The predicted octanol–water partition coefficient (Wildman–Crippen LogP) is 3.76. The lowest BCUT2D eigenvalue weighted by atomic mass is 10.3. The van der Waals surface area contributed by atoms with Crippen LogP contribution in [0.25, 0.3) is 0 Å². The molecular weight excluding hydrogens is 324 g/mol. The minimum atomic E-state index is -0.0458. The van der Waals surface area contributed by atoms with Gasteiger partial charge in [0.25, 0.3) is 0 Å². The summed E-state index contributed by atoms with van der Waals surface area (Å²) in [6.45, 7) is 0. The molecule has 5 heteroatoms. The van der Waals surface area contributed by atoms with E-state index in [9.17, 15) is 4.79 Å². The van der Waals surface area contributed by atoms with Gasteiger partial charge in [0.15, 0.2) is 0 Å². The van der Waals surface area contributed by atoms with E-state index >= 15 is 0 Å². The van der Waals surface area contributed by atoms with Gasteiger partial charge in [-0.15, -0.1) is 11.8 Å². The van der Waals surface area contributed by atoms with E-state index in [0.29, 0.717) is 17.1 Å². The molecule has 0 heterocycles. The normalized spacial score (nSPS) is 10.2. The number of nitrogens with one attached hydrogen (secondary N) is 1. The molecule has 2 rings (SSSR count). The van der Waals surface area contributed by atoms with E-state index in [0.717, 1.165) is 9.37 Å². The Bertz CT molecular complexity index is 575. The highest BCUT2D eigenvalue weighted by Gasteiger charge is 2.04. The fraction of sp³-hybridized carbons (Fsp3) is 0.0714. The zero-order chi connectivity index (χ0) is 13.7. The monoisotopic (exact) mass is 336 g/mol. The number of rotatable bonds is 4. The van der Waals surface area contributed by atoms with Crippen molar-refractivity contribution in [3.63, 3.8) is 0 Å². The molecule has 2 aromatic rings. The first-order chi connectivity index (χ1) is 9.15. The molecule has 0 saturated heterocycles. The van der Waals surface area contributed by atoms with E-state index < -0.39 is 0 Å². The first-order valence-electron chi connectivity index (χ1n) is 5.68. The van der Waals surface area contributed by atoms with Gasteiger partial charge < -0.3 is 11.1 Å². The van der Waals surface area contributed by atoms with Crippen LogP contribution in [0.3, 0.4) is 0 Å². The average Bonchev–Trinajstić information content (AvgIpc) is 2.42. The van der Waals surface area contributed by atoms with Gasteiger partial charge in [0.2, 0.25) is 5.91 Å². The molecule has 0 radical (unpaired) electrons. The van der Waals surface area contributed by atoms with Crippen LogP contribution in [0.15, 0.2) is 57.9 Å². The van der Waals surface area contributed by atoms with Crippen molar-refractivity contribution in [2.24, 2.45) is 0 Å². The highest BCUT2D eigenvalue weighted by atomic mass is 79.9. The van der Waals surface area contributed by atoms with Gasteiger partial charge in [-0.2, -0.15) is 0 Å². The van der Waals surface area contributed by atoms with Crippen LogP contribution in [0, 0.1) is 0 Å². The molecule has 19 heavy (non-hydrogen) atoms. The minimum Gasteiger partial charge on any atom is -0.398 e. The lowest BCUT2D eigenvalue weighted by Crippen LogP contribution is -2.14. The fourth-order valence-corrected chi connectivity index (χ4v) is 2.45. The van der Waals surface area contributed by atoms with Crippen LogP contribution in [0.4, 0.5) is 11.4 Å². The van der Waals surface area contributed by atoms with Crippen molar-refractivity contribution >= 4 is 45.0 Å². The lowest BCUT2D eigenvalue weighted by molar-refractivity contribution is -0.113. The number of hydrogen-bond acceptors (Lipinski definition) is 3. The third-order valence-corrected chi connectivity index (χ3v) is 4.13. The van der Waals surface area contributed by atoms with Crippen LogP contribution in [0.5, 0.6) is 0 Å². The van der Waals surface area contributed by atoms with Crippen molar-refractivity contribution in [1.82, 2.24) is 0 Å². The molecule has 0 aliphatic heterocycles. The topological polar surface area (TPSA) is 55.1 Å². The number of nitrogen functional groups attached to an aromatic ring is 1. The fourth-order valence-electron chi connectivity index (χ4n) is 1.48. The number of hydrogen-bond donors (Lipinski definition) is 2. The number of amides is 1. The summed E-state index contributed by atoms with van der Waals surface area (Å²) in [4.78, 5) is 12.9. The van der Waals surface area contributed by atoms with Crippen LogP contribution in [-0.4, -0.2) is 11.7 Å². The maximum absolute atomic E-state index is 11.8. The second-order valence-corrected chi connectivity index (χ2v) is 5.79. The third-order valence-electron chi connectivity index (χ3n) is 2.39. The average molecular weight is 337 g/mol. The Kier molecular flexibility index (Phi) is 4.87. The van der Waals surface area contributed by atoms with Crippen LogP contribution in [0.2, 0.25) is 0 Å². The zero-order valence-corrected chi connectivity index (χ0v) is 12.5. The van der Waals surface area contributed by atoms with E-state index in [1.54, 1.807) is 6.07 Å². The van der Waals surface area contributed by atoms with Crippen molar-refractivity contribution in [2.45, 2.75) is 4.90 Å². The van der Waals surface area contributed by atoms with Crippen molar-refractivity contribution in [3.8, 4) is 0 Å². The summed E-state index contributed by atoms with van der Waals surface area (Å²) in [6.07, 6.45) is 0. The quantitative estimate of drug-likeness (QED) is 0.660. The van der Waals surface area contributed by atoms with Crippen LogP contribution in [0.1, 0.15) is 0 Å². The van der Waals surface area contributed by atoms with Gasteiger partial charge >= 0.3 is 0 Å². The SMILES string of the molecule is Nc1cc(NC(=O)CSc2ccccc2)ccc1Br. The number of anilines is 2. The van der Waals surface area contributed by atoms with Gasteiger partial charge in [0.1, 0.15) is 0 Å². The maximum atomic E-state index is 11.8. The Morgan fingerprint density at radius 3 is 2.63 bits per heavy atom. The molecule has 0 bridgehead atoms. The molecule has 0 fully saturated rings. The number of thioether (sulfide) groups is 1. The molecule has 1 amide bonds. The molecule has 0 unspecified atom stereocenters. The predicted molar refractivity (Wildman–Crippen MR) is 84.4 cm³/mol. The molecule has 0 saturated carbocycles. The maximum Gasteiger partial charge on any atom is 0.234 e. The van der Waals surface area contributed by atoms with Gasteiger partial charge in [-0.1, -0.05) is 18.2 Å². The Hall–Kier alpha value is -1.46. The van der Waals surface area contributed by atoms with E-state index in [4.69, 9.17) is 5.73 Å². The van der Waals surface area contributed by atoms with Gasteiger partial charge in [-0.25, -0.2) is 0 Å². The summed E-state index contributed by atoms with van der Waals surface area (Å²) in [7, 11) is 0. The van der Waals surface area contributed by atoms with E-state index in [1.165, 1.54) is 11.8 Å². The second-order valence-electron chi connectivity index (χ2n) is 3.89. The summed E-state index contributed by atoms with van der Waals surface area (Å²) >= 11 is 4.82. The number of carbonyl (C=O) groups excluding carboxylic acids is 1. The van der Waals surface area contributed by atoms with Gasteiger partial charge in [-0.05, 0) is 46.3 Å². The Morgan fingerprint density at radius 1 is 1.21 bits per heavy atom. The molecule has 3 nitrogen and oxygen atoms in total. The van der Waals surface area contributed by atoms with E-state index in [-0.39, 0.29) is 5.91 Å². The molecule has 2 aromatic carbocycles. The number of halogens is 1. The number of carbonyl (C=O) groups is 1. The van der Waals surface area contributed by atoms with Gasteiger partial charge in [0, 0.05) is 20.7 Å². The zero-order valence-electron chi connectivity index (χ0n) is 10.1. The van der Waals surface area contributed by atoms with Crippen molar-refractivity contribution in [2.75, 3.05) is 16.8 Å². The molecule has 0 atom stereocenters. The standard InChI is InChI=1S/C14H13BrN2OS/c15-12-7-6-10(8-13(12)16)17-14(18)9-19-11-4-2-1-3-5-11/h1-8H,9,16H2,(H,17,18). The Labute approximate surface area is 124 Å². The second kappa shape index (κ2) is 6.63. The van der Waals surface area contributed by atoms with Crippen molar-refractivity contribution in [3.05, 3.63) is 53.0 Å². The van der Waals surface area contributed by atoms with Crippen molar-refractivity contribution in [1.29, 1.82) is 0 Å². The van der Waals surface area contributed by atoms with Gasteiger partial charge in [-0.3, -0.25) is 4.79 Å². The van der Waals surface area contributed by atoms with Crippen LogP contribution in [-0.2, 0) is 4.79 Å². The number of nitrogens with two attached hydrogens (primary N) is 1. The largest absolute Gasteiger partial charge is 0.398 e. The Balaban J connectivity index is 1.89. The smallest absolute Gasteiger partial charge is 0.234 e. The first-order valence-corrected chi connectivity index (χ1v) is 7.46. The molecule has 0 spiro atoms. The van der Waals surface area contributed by atoms with E-state index in [2.05, 4.69) is 21.2 Å². The summed E-state index contributed by atoms with van der Waals surface area (Å²) in [5, 5.41) is 2.82. The third kappa shape index (κ3) is 4.29. The Morgan fingerprint density at radius 2 is 1.95 bits per heavy atom. The molecule has 0 aliphatic carbocycles. The highest BCUT2D eigenvalue weighted by Crippen LogP contribution is 2.23. The number of benzene rings is 2. The summed E-state index contributed by atoms with van der Waals surface area (Å²) < 4.78 is 0.823. The first kappa shape index (κ1) is 14.0. The van der Waals surface area contributed by atoms with Crippen molar-refractivity contribution < 1.29 is 4.79 Å². The van der Waals surface area contributed by atoms with Crippen LogP contribution >= 0.6 is 27.7 Å². The summed E-state index contributed by atoms with van der Waals surface area (Å²) in [6, 6.07) is 15.2. The summed E-state index contributed by atoms with van der Waals surface area (Å²) in [5.74, 6) is 0.329. The lowest BCUT2D eigenvalue weighted by Gasteiger charge is -2.07. The van der Waals surface area contributed by atoms with Gasteiger partial charge in [0.05, 0.1) is 5.75 Å². The molecule has 0 aliphatic rings. The molecule has 0 aromatic heterocycles.